The zero-order chi connectivity index (χ0) is 36.0. The fraction of sp³-hybridized carbons (Fsp3) is 0.0204. The van der Waals surface area contributed by atoms with E-state index in [0.717, 1.165) is 71.9 Å². The molecule has 4 heterocycles. The monoisotopic (exact) mass is 706 g/mol. The standard InChI is InChI=1S/C49H31N5O/c1-3-14-31(15-4-1)47-50-48(32-24-25-37-40-26-23-30-13-7-8-18-34(30)46(40)55-43(37)29-32)52-49(51-47)54-42-22-12-10-20-36(42)39-28-27-38-35-19-9-11-21-41(35)53(44(38)45(39)54)33-16-5-2-6-17-33/h1-29,49H,(H,50,51,52)/p+1. The summed E-state index contributed by atoms with van der Waals surface area (Å²) in [5, 5.41) is 11.5. The highest BCUT2D eigenvalue weighted by atomic mass is 16.3. The number of benzene rings is 8. The van der Waals surface area contributed by atoms with Crippen LogP contribution in [0.25, 0.3) is 82.0 Å². The summed E-state index contributed by atoms with van der Waals surface area (Å²) in [4.78, 5) is 10.8. The molecule has 6 heteroatoms. The predicted octanol–water partition coefficient (Wildman–Crippen LogP) is 10.9. The first kappa shape index (κ1) is 30.2. The topological polar surface area (TPSA) is 64.3 Å². The SMILES string of the molecule is c1ccc(C2=NC(c3ccc4c(c3)oc3c5ccccc5ccc43)=NC(n3c4ccccc4c4ccc5c6ccccc6n(-c6ccccc6)c5c43)[NH2+]2)cc1. The van der Waals surface area contributed by atoms with Gasteiger partial charge in [0.15, 0.2) is 5.84 Å². The number of fused-ring (bicyclic) bond motifs is 12. The molecule has 0 amide bonds. The molecule has 1 aliphatic heterocycles. The average molecular weight is 707 g/mol. The number of amidine groups is 2. The van der Waals surface area contributed by atoms with Gasteiger partial charge in [0, 0.05) is 49.0 Å². The van der Waals surface area contributed by atoms with Gasteiger partial charge in [0.1, 0.15) is 11.2 Å². The Morgan fingerprint density at radius 2 is 1.13 bits per heavy atom. The van der Waals surface area contributed by atoms with E-state index in [1.54, 1.807) is 0 Å². The van der Waals surface area contributed by atoms with Gasteiger partial charge >= 0.3 is 0 Å². The molecular weight excluding hydrogens is 675 g/mol. The van der Waals surface area contributed by atoms with Gasteiger partial charge in [0.05, 0.1) is 27.6 Å². The van der Waals surface area contributed by atoms with Crippen LogP contribution in [-0.4, -0.2) is 20.8 Å². The van der Waals surface area contributed by atoms with Crippen LogP contribution in [0, 0.1) is 0 Å². The lowest BCUT2D eigenvalue weighted by Crippen LogP contribution is -2.91. The maximum absolute atomic E-state index is 6.64. The fourth-order valence-electron chi connectivity index (χ4n) is 8.82. The van der Waals surface area contributed by atoms with Crippen molar-refractivity contribution in [1.29, 1.82) is 0 Å². The molecule has 1 aliphatic rings. The smallest absolute Gasteiger partial charge is 0.272 e. The Labute approximate surface area is 314 Å². The van der Waals surface area contributed by atoms with Crippen molar-refractivity contribution in [2.45, 2.75) is 6.29 Å². The highest BCUT2D eigenvalue weighted by Crippen LogP contribution is 2.41. The summed E-state index contributed by atoms with van der Waals surface area (Å²) in [6.07, 6.45) is -0.395. The average Bonchev–Trinajstić information content (AvgIpc) is 3.92. The second-order valence-corrected chi connectivity index (χ2v) is 14.3. The number of para-hydroxylation sites is 3. The lowest BCUT2D eigenvalue weighted by molar-refractivity contribution is -0.603. The largest absolute Gasteiger partial charge is 0.455 e. The van der Waals surface area contributed by atoms with Crippen LogP contribution in [0.2, 0.25) is 0 Å². The summed E-state index contributed by atoms with van der Waals surface area (Å²) in [6, 6.07) is 62.2. The predicted molar refractivity (Wildman–Crippen MR) is 225 cm³/mol. The van der Waals surface area contributed by atoms with Crippen LogP contribution < -0.4 is 5.32 Å². The number of rotatable bonds is 4. The number of furan rings is 1. The zero-order valence-corrected chi connectivity index (χ0v) is 29.6. The van der Waals surface area contributed by atoms with Gasteiger partial charge in [-0.1, -0.05) is 121 Å². The molecule has 1 atom stereocenters. The van der Waals surface area contributed by atoms with E-state index >= 15 is 0 Å². The van der Waals surface area contributed by atoms with Crippen molar-refractivity contribution in [3.63, 3.8) is 0 Å². The maximum Gasteiger partial charge on any atom is 0.272 e. The van der Waals surface area contributed by atoms with Crippen molar-refractivity contribution >= 4 is 88.0 Å². The van der Waals surface area contributed by atoms with Crippen LogP contribution in [0.1, 0.15) is 17.4 Å². The minimum Gasteiger partial charge on any atom is -0.455 e. The molecular formula is C49H32N5O+. The minimum absolute atomic E-state index is 0.395. The molecule has 0 radical (unpaired) electrons. The molecule has 0 spiro atoms. The first-order valence-electron chi connectivity index (χ1n) is 18.7. The molecule has 0 bridgehead atoms. The fourth-order valence-corrected chi connectivity index (χ4v) is 8.82. The summed E-state index contributed by atoms with van der Waals surface area (Å²) < 4.78 is 11.5. The first-order chi connectivity index (χ1) is 27.3. The number of quaternary nitrogens is 1. The van der Waals surface area contributed by atoms with E-state index in [1.165, 1.54) is 27.1 Å². The van der Waals surface area contributed by atoms with Crippen molar-refractivity contribution in [3.8, 4) is 5.69 Å². The van der Waals surface area contributed by atoms with Gasteiger partial charge in [0.2, 0.25) is 5.84 Å². The molecule has 2 N–H and O–H groups in total. The van der Waals surface area contributed by atoms with Crippen LogP contribution in [0.15, 0.2) is 190 Å². The van der Waals surface area contributed by atoms with E-state index in [1.807, 2.05) is 6.07 Å². The van der Waals surface area contributed by atoms with Crippen molar-refractivity contribution in [1.82, 2.24) is 9.13 Å². The quantitative estimate of drug-likeness (QED) is 0.195. The second-order valence-electron chi connectivity index (χ2n) is 14.3. The van der Waals surface area contributed by atoms with Gasteiger partial charge in [-0.2, -0.15) is 9.98 Å². The summed E-state index contributed by atoms with van der Waals surface area (Å²) in [5.74, 6) is 1.55. The van der Waals surface area contributed by atoms with Gasteiger partial charge in [-0.25, -0.2) is 0 Å². The molecule has 12 rings (SSSR count). The molecule has 0 saturated carbocycles. The molecule has 0 aliphatic carbocycles. The Balaban J connectivity index is 1.14. The lowest BCUT2D eigenvalue weighted by Gasteiger charge is -2.22. The van der Waals surface area contributed by atoms with E-state index < -0.39 is 6.29 Å². The third-order valence-electron chi connectivity index (χ3n) is 11.3. The highest BCUT2D eigenvalue weighted by molar-refractivity contribution is 6.23. The van der Waals surface area contributed by atoms with E-state index in [2.05, 4.69) is 184 Å². The van der Waals surface area contributed by atoms with Gasteiger partial charge in [-0.3, -0.25) is 9.88 Å². The molecule has 3 aromatic heterocycles. The Bertz CT molecular complexity index is 3400. The van der Waals surface area contributed by atoms with Crippen molar-refractivity contribution in [2.75, 3.05) is 0 Å². The molecule has 11 aromatic rings. The molecule has 0 saturated heterocycles. The summed E-state index contributed by atoms with van der Waals surface area (Å²) in [7, 11) is 0. The molecule has 6 nitrogen and oxygen atoms in total. The number of aliphatic imine (C=N–C) groups is 2. The van der Waals surface area contributed by atoms with Gasteiger partial charge in [0.25, 0.3) is 6.29 Å². The minimum atomic E-state index is -0.395. The number of hydrogen-bond acceptors (Lipinski definition) is 3. The van der Waals surface area contributed by atoms with Crippen LogP contribution >= 0.6 is 0 Å². The first-order valence-corrected chi connectivity index (χ1v) is 18.7. The third kappa shape index (κ3) is 4.46. The van der Waals surface area contributed by atoms with Crippen molar-refractivity contribution in [3.05, 3.63) is 187 Å². The molecule has 55 heavy (non-hydrogen) atoms. The normalized spacial score (nSPS) is 14.9. The van der Waals surface area contributed by atoms with Crippen LogP contribution in [0.3, 0.4) is 0 Å². The van der Waals surface area contributed by atoms with E-state index in [-0.39, 0.29) is 0 Å². The van der Waals surface area contributed by atoms with Gasteiger partial charge in [-0.15, -0.1) is 0 Å². The van der Waals surface area contributed by atoms with E-state index in [9.17, 15) is 0 Å². The Hall–Kier alpha value is -7.28. The number of hydrogen-bond donors (Lipinski definition) is 1. The summed E-state index contributed by atoms with van der Waals surface area (Å²) >= 11 is 0. The third-order valence-corrected chi connectivity index (χ3v) is 11.3. The van der Waals surface area contributed by atoms with E-state index in [4.69, 9.17) is 14.4 Å². The summed E-state index contributed by atoms with van der Waals surface area (Å²) in [5.41, 5.74) is 9.37. The van der Waals surface area contributed by atoms with Gasteiger partial charge in [-0.05, 0) is 60.0 Å². The lowest BCUT2D eigenvalue weighted by atomic mass is 10.0. The van der Waals surface area contributed by atoms with Crippen molar-refractivity contribution < 1.29 is 9.73 Å². The van der Waals surface area contributed by atoms with Crippen LogP contribution in [0.5, 0.6) is 0 Å². The highest BCUT2D eigenvalue weighted by Gasteiger charge is 2.30. The molecule has 1 unspecified atom stereocenters. The van der Waals surface area contributed by atoms with Gasteiger partial charge < -0.3 is 8.98 Å². The molecule has 258 valence electrons. The van der Waals surface area contributed by atoms with Crippen LogP contribution in [-0.2, 0) is 0 Å². The van der Waals surface area contributed by atoms with Crippen LogP contribution in [0.4, 0.5) is 0 Å². The number of nitrogens with zero attached hydrogens (tertiary/aromatic N) is 4. The Kier molecular flexibility index (Phi) is 6.38. The maximum atomic E-state index is 6.64. The van der Waals surface area contributed by atoms with E-state index in [0.29, 0.717) is 5.84 Å². The zero-order valence-electron chi connectivity index (χ0n) is 29.6. The Morgan fingerprint density at radius 3 is 1.95 bits per heavy atom. The molecule has 8 aromatic carbocycles. The number of nitrogens with two attached hydrogens (primary N) is 1. The number of aromatic nitrogens is 2. The summed E-state index contributed by atoms with van der Waals surface area (Å²) in [6.45, 7) is 0. The second kappa shape index (κ2) is 11.6. The Morgan fingerprint density at radius 1 is 0.491 bits per heavy atom. The van der Waals surface area contributed by atoms with Crippen molar-refractivity contribution in [2.24, 2.45) is 9.98 Å². The molecule has 0 fully saturated rings.